The third-order valence-corrected chi connectivity index (χ3v) is 6.69. The normalized spacial score (nSPS) is 24.6. The fraction of sp³-hybridized carbons (Fsp3) is 0.625. The van der Waals surface area contributed by atoms with Gasteiger partial charge in [-0.15, -0.1) is 0 Å². The van der Waals surface area contributed by atoms with Crippen molar-refractivity contribution < 1.29 is 4.74 Å². The molecule has 0 saturated carbocycles. The molecule has 0 aromatic heterocycles. The van der Waals surface area contributed by atoms with Gasteiger partial charge in [-0.05, 0) is 27.0 Å². The van der Waals surface area contributed by atoms with Crippen LogP contribution in [-0.2, 0) is 0 Å². The van der Waals surface area contributed by atoms with Crippen molar-refractivity contribution in [1.82, 2.24) is 5.32 Å². The molecule has 1 aliphatic heterocycles. The number of hydrogen-bond acceptors (Lipinski definition) is 4. The number of ether oxygens (including phenoxy) is 1. The molecule has 1 N–H and O–H groups in total. The SMILES string of the molecule is CNC(c1ccccc1OC(C)C)C1SCCSC1C. The van der Waals surface area contributed by atoms with Gasteiger partial charge in [0.2, 0.25) is 0 Å². The summed E-state index contributed by atoms with van der Waals surface area (Å²) in [4.78, 5) is 0. The summed E-state index contributed by atoms with van der Waals surface area (Å²) < 4.78 is 6.00. The number of hydrogen-bond donors (Lipinski definition) is 1. The van der Waals surface area contributed by atoms with Gasteiger partial charge >= 0.3 is 0 Å². The van der Waals surface area contributed by atoms with Crippen LogP contribution in [0.3, 0.4) is 0 Å². The van der Waals surface area contributed by atoms with E-state index >= 15 is 0 Å². The summed E-state index contributed by atoms with van der Waals surface area (Å²) in [6.07, 6.45) is 0.208. The van der Waals surface area contributed by atoms with Crippen molar-refractivity contribution in [2.75, 3.05) is 18.6 Å². The molecule has 0 amide bonds. The van der Waals surface area contributed by atoms with Crippen molar-refractivity contribution in [2.45, 2.75) is 43.4 Å². The second-order valence-corrected chi connectivity index (χ2v) is 8.15. The quantitative estimate of drug-likeness (QED) is 0.888. The van der Waals surface area contributed by atoms with Crippen LogP contribution in [0, 0.1) is 0 Å². The average molecular weight is 312 g/mol. The molecule has 1 aromatic rings. The highest BCUT2D eigenvalue weighted by molar-refractivity contribution is 8.07. The van der Waals surface area contributed by atoms with Crippen LogP contribution >= 0.6 is 23.5 Å². The topological polar surface area (TPSA) is 21.3 Å². The van der Waals surface area contributed by atoms with Gasteiger partial charge in [0.1, 0.15) is 5.75 Å². The molecule has 3 atom stereocenters. The minimum atomic E-state index is 0.208. The molecule has 0 aliphatic carbocycles. The lowest BCUT2D eigenvalue weighted by Crippen LogP contribution is -2.36. The standard InChI is InChI=1S/C16H25NOS2/c1-11(2)18-14-8-6-5-7-13(14)15(17-4)16-12(3)19-9-10-20-16/h5-8,11-12,15-17H,9-10H2,1-4H3. The van der Waals surface area contributed by atoms with Gasteiger partial charge in [0.15, 0.2) is 0 Å². The van der Waals surface area contributed by atoms with E-state index in [2.05, 4.69) is 80.9 Å². The maximum atomic E-state index is 6.00. The smallest absolute Gasteiger partial charge is 0.124 e. The number of para-hydroxylation sites is 1. The third kappa shape index (κ3) is 3.86. The molecule has 4 heteroatoms. The molecule has 0 radical (unpaired) electrons. The number of benzene rings is 1. The average Bonchev–Trinajstić information content (AvgIpc) is 2.43. The molecule has 3 unspecified atom stereocenters. The molecule has 1 saturated heterocycles. The number of thioether (sulfide) groups is 2. The molecule has 1 fully saturated rings. The van der Waals surface area contributed by atoms with Gasteiger partial charge in [0.25, 0.3) is 0 Å². The Balaban J connectivity index is 2.26. The highest BCUT2D eigenvalue weighted by Crippen LogP contribution is 2.40. The predicted molar refractivity (Wildman–Crippen MR) is 92.2 cm³/mol. The zero-order valence-corrected chi connectivity index (χ0v) is 14.4. The lowest BCUT2D eigenvalue weighted by molar-refractivity contribution is 0.237. The first-order valence-corrected chi connectivity index (χ1v) is 9.39. The lowest BCUT2D eigenvalue weighted by Gasteiger charge is -2.35. The Labute approximate surface area is 131 Å². The van der Waals surface area contributed by atoms with Crippen LogP contribution in [-0.4, -0.2) is 35.2 Å². The summed E-state index contributed by atoms with van der Waals surface area (Å²) in [7, 11) is 2.06. The fourth-order valence-corrected chi connectivity index (χ4v) is 5.59. The molecular formula is C16H25NOS2. The second kappa shape index (κ2) is 7.62. The minimum Gasteiger partial charge on any atom is -0.491 e. The van der Waals surface area contributed by atoms with E-state index in [1.807, 2.05) is 0 Å². The maximum absolute atomic E-state index is 6.00. The third-order valence-electron chi connectivity index (χ3n) is 3.49. The zero-order chi connectivity index (χ0) is 14.5. The van der Waals surface area contributed by atoms with Crippen LogP contribution in [0.5, 0.6) is 5.75 Å². The van der Waals surface area contributed by atoms with E-state index in [4.69, 9.17) is 4.74 Å². The van der Waals surface area contributed by atoms with Gasteiger partial charge in [-0.3, -0.25) is 0 Å². The molecule has 1 aliphatic rings. The highest BCUT2D eigenvalue weighted by atomic mass is 32.2. The van der Waals surface area contributed by atoms with Crippen LogP contribution in [0.1, 0.15) is 32.4 Å². The molecule has 20 heavy (non-hydrogen) atoms. The summed E-state index contributed by atoms with van der Waals surface area (Å²) >= 11 is 4.17. The number of rotatable bonds is 5. The summed E-state index contributed by atoms with van der Waals surface area (Å²) in [5.74, 6) is 3.53. The van der Waals surface area contributed by atoms with Crippen LogP contribution in [0.4, 0.5) is 0 Å². The van der Waals surface area contributed by atoms with Gasteiger partial charge in [-0.2, -0.15) is 23.5 Å². The van der Waals surface area contributed by atoms with E-state index in [0.717, 1.165) is 5.75 Å². The largest absolute Gasteiger partial charge is 0.491 e. The van der Waals surface area contributed by atoms with Gasteiger partial charge in [0, 0.05) is 33.6 Å². The van der Waals surface area contributed by atoms with Crippen LogP contribution in [0.25, 0.3) is 0 Å². The zero-order valence-electron chi connectivity index (χ0n) is 12.8. The van der Waals surface area contributed by atoms with Crippen molar-refractivity contribution in [2.24, 2.45) is 0 Å². The summed E-state index contributed by atoms with van der Waals surface area (Å²) in [5, 5.41) is 4.78. The Bertz CT molecular complexity index is 425. The Morgan fingerprint density at radius 3 is 2.55 bits per heavy atom. The Morgan fingerprint density at radius 2 is 1.90 bits per heavy atom. The first-order valence-electron chi connectivity index (χ1n) is 7.29. The minimum absolute atomic E-state index is 0.208. The van der Waals surface area contributed by atoms with E-state index in [1.165, 1.54) is 17.1 Å². The van der Waals surface area contributed by atoms with E-state index in [0.29, 0.717) is 16.5 Å². The van der Waals surface area contributed by atoms with Gasteiger partial charge in [-0.25, -0.2) is 0 Å². The van der Waals surface area contributed by atoms with Crippen molar-refractivity contribution in [3.8, 4) is 5.75 Å². The predicted octanol–water partition coefficient (Wildman–Crippen LogP) is 3.97. The van der Waals surface area contributed by atoms with Gasteiger partial charge in [0.05, 0.1) is 6.10 Å². The first kappa shape index (κ1) is 16.1. The summed E-state index contributed by atoms with van der Waals surface area (Å²) in [6.45, 7) is 6.51. The molecule has 2 rings (SSSR count). The van der Waals surface area contributed by atoms with Gasteiger partial charge in [-0.1, -0.05) is 25.1 Å². The van der Waals surface area contributed by atoms with E-state index < -0.39 is 0 Å². The molecule has 0 spiro atoms. The van der Waals surface area contributed by atoms with Gasteiger partial charge < -0.3 is 10.1 Å². The molecular weight excluding hydrogens is 286 g/mol. The second-order valence-electron chi connectivity index (χ2n) is 5.38. The van der Waals surface area contributed by atoms with E-state index in [-0.39, 0.29) is 6.10 Å². The maximum Gasteiger partial charge on any atom is 0.124 e. The molecule has 112 valence electrons. The van der Waals surface area contributed by atoms with Crippen molar-refractivity contribution in [3.63, 3.8) is 0 Å². The Hall–Kier alpha value is -0.320. The molecule has 1 aromatic carbocycles. The van der Waals surface area contributed by atoms with Crippen molar-refractivity contribution >= 4 is 23.5 Å². The Morgan fingerprint density at radius 1 is 1.20 bits per heavy atom. The van der Waals surface area contributed by atoms with Crippen molar-refractivity contribution in [1.29, 1.82) is 0 Å². The summed E-state index contributed by atoms with van der Waals surface area (Å²) in [5.41, 5.74) is 1.29. The van der Waals surface area contributed by atoms with Crippen LogP contribution in [0.15, 0.2) is 24.3 Å². The van der Waals surface area contributed by atoms with Crippen molar-refractivity contribution in [3.05, 3.63) is 29.8 Å². The monoisotopic (exact) mass is 311 g/mol. The van der Waals surface area contributed by atoms with Crippen LogP contribution < -0.4 is 10.1 Å². The lowest BCUT2D eigenvalue weighted by atomic mass is 10.0. The fourth-order valence-electron chi connectivity index (χ4n) is 2.61. The Kier molecular flexibility index (Phi) is 6.12. The molecule has 2 nitrogen and oxygen atoms in total. The van der Waals surface area contributed by atoms with E-state index in [9.17, 15) is 0 Å². The molecule has 0 bridgehead atoms. The highest BCUT2D eigenvalue weighted by Gasteiger charge is 2.32. The number of nitrogens with one attached hydrogen (secondary N) is 1. The first-order chi connectivity index (χ1) is 9.63. The van der Waals surface area contributed by atoms with Crippen LogP contribution in [0.2, 0.25) is 0 Å². The van der Waals surface area contributed by atoms with E-state index in [1.54, 1.807) is 0 Å². The summed E-state index contributed by atoms with van der Waals surface area (Å²) in [6, 6.07) is 8.80. The molecule has 1 heterocycles.